The molecule has 0 fully saturated rings. The molecule has 1 N–H and O–H groups in total. The molecule has 0 saturated carbocycles. The number of para-hydroxylation sites is 1. The van der Waals surface area contributed by atoms with Crippen LogP contribution in [0.1, 0.15) is 18.9 Å². The first kappa shape index (κ1) is 21.7. The van der Waals surface area contributed by atoms with Crippen LogP contribution >= 0.6 is 11.3 Å². The highest BCUT2D eigenvalue weighted by Crippen LogP contribution is 2.43. The van der Waals surface area contributed by atoms with Gasteiger partial charge in [0.1, 0.15) is 11.5 Å². The third-order valence-corrected chi connectivity index (χ3v) is 5.29. The van der Waals surface area contributed by atoms with Crippen LogP contribution in [0.15, 0.2) is 53.9 Å². The zero-order valence-electron chi connectivity index (χ0n) is 16.0. The van der Waals surface area contributed by atoms with E-state index in [9.17, 15) is 23.1 Å². The highest BCUT2D eigenvalue weighted by atomic mass is 32.1. The van der Waals surface area contributed by atoms with Gasteiger partial charge in [-0.25, -0.2) is 0 Å². The standard InChI is InChI=1S/C22H19F3O4S/c1-2-11-28-15-9-7-14(8-10-15)21-17(12-20(26)27)18(13-30-21)16-5-3-4-6-19(16)29-22(23,24)25/h3-10,13H,2,11-12H2,1H3,(H,26,27). The van der Waals surface area contributed by atoms with Gasteiger partial charge in [0.15, 0.2) is 0 Å². The Balaban J connectivity index is 2.04. The van der Waals surface area contributed by atoms with E-state index in [4.69, 9.17) is 4.74 Å². The summed E-state index contributed by atoms with van der Waals surface area (Å²) in [6.07, 6.45) is -4.31. The zero-order chi connectivity index (χ0) is 21.7. The Bertz CT molecular complexity index is 1010. The Morgan fingerprint density at radius 3 is 2.40 bits per heavy atom. The summed E-state index contributed by atoms with van der Waals surface area (Å²) in [6.45, 7) is 2.59. The molecule has 0 aliphatic rings. The molecule has 158 valence electrons. The second kappa shape index (κ2) is 9.21. The fourth-order valence-electron chi connectivity index (χ4n) is 3.00. The molecule has 0 aliphatic carbocycles. The normalized spacial score (nSPS) is 11.3. The van der Waals surface area contributed by atoms with Crippen molar-refractivity contribution in [3.05, 3.63) is 59.5 Å². The lowest BCUT2D eigenvalue weighted by Gasteiger charge is -2.14. The molecule has 1 heterocycles. The number of alkyl halides is 3. The van der Waals surface area contributed by atoms with Crippen LogP contribution in [0, 0.1) is 0 Å². The predicted molar refractivity (Wildman–Crippen MR) is 109 cm³/mol. The largest absolute Gasteiger partial charge is 0.573 e. The Labute approximate surface area is 175 Å². The SMILES string of the molecule is CCCOc1ccc(-c2scc(-c3ccccc3OC(F)(F)F)c2CC(=O)O)cc1. The van der Waals surface area contributed by atoms with Crippen LogP contribution in [0.4, 0.5) is 13.2 Å². The lowest BCUT2D eigenvalue weighted by molar-refractivity contribution is -0.274. The van der Waals surface area contributed by atoms with Crippen LogP contribution in [0.3, 0.4) is 0 Å². The molecule has 0 radical (unpaired) electrons. The average Bonchev–Trinajstić information content (AvgIpc) is 3.08. The van der Waals surface area contributed by atoms with Gasteiger partial charge in [0.05, 0.1) is 13.0 Å². The second-order valence-corrected chi connectivity index (χ2v) is 7.32. The van der Waals surface area contributed by atoms with E-state index in [0.717, 1.165) is 12.0 Å². The summed E-state index contributed by atoms with van der Waals surface area (Å²) in [5.41, 5.74) is 1.80. The molecule has 1 aromatic heterocycles. The Kier molecular flexibility index (Phi) is 6.66. The van der Waals surface area contributed by atoms with E-state index in [1.54, 1.807) is 23.6 Å². The molecule has 3 rings (SSSR count). The maximum Gasteiger partial charge on any atom is 0.573 e. The number of carbonyl (C=O) groups is 1. The third kappa shape index (κ3) is 5.33. The molecule has 30 heavy (non-hydrogen) atoms. The molecular formula is C22H19F3O4S. The molecule has 2 aromatic carbocycles. The highest BCUT2D eigenvalue weighted by molar-refractivity contribution is 7.14. The third-order valence-electron chi connectivity index (χ3n) is 4.21. The molecular weight excluding hydrogens is 417 g/mol. The number of aliphatic carboxylic acids is 1. The van der Waals surface area contributed by atoms with Crippen molar-refractivity contribution in [1.29, 1.82) is 0 Å². The second-order valence-electron chi connectivity index (χ2n) is 6.44. The topological polar surface area (TPSA) is 55.8 Å². The van der Waals surface area contributed by atoms with Crippen molar-refractivity contribution in [3.63, 3.8) is 0 Å². The van der Waals surface area contributed by atoms with Crippen LogP contribution in [-0.2, 0) is 11.2 Å². The maximum atomic E-state index is 12.8. The van der Waals surface area contributed by atoms with Crippen molar-refractivity contribution in [2.45, 2.75) is 26.1 Å². The number of rotatable bonds is 8. The van der Waals surface area contributed by atoms with Crippen molar-refractivity contribution in [1.82, 2.24) is 0 Å². The molecule has 8 heteroatoms. The summed E-state index contributed by atoms with van der Waals surface area (Å²) >= 11 is 1.28. The first-order valence-corrected chi connectivity index (χ1v) is 10.1. The van der Waals surface area contributed by atoms with Gasteiger partial charge >= 0.3 is 12.3 Å². The van der Waals surface area contributed by atoms with Crippen molar-refractivity contribution in [2.24, 2.45) is 0 Å². The number of carboxylic acids is 1. The molecule has 0 amide bonds. The first-order valence-electron chi connectivity index (χ1n) is 9.19. The van der Waals surface area contributed by atoms with Gasteiger partial charge in [-0.3, -0.25) is 4.79 Å². The molecule has 0 aliphatic heterocycles. The van der Waals surface area contributed by atoms with E-state index >= 15 is 0 Å². The van der Waals surface area contributed by atoms with Crippen molar-refractivity contribution in [2.75, 3.05) is 6.61 Å². The van der Waals surface area contributed by atoms with Crippen molar-refractivity contribution < 1.29 is 32.5 Å². The van der Waals surface area contributed by atoms with E-state index in [2.05, 4.69) is 4.74 Å². The maximum absolute atomic E-state index is 12.8. The van der Waals surface area contributed by atoms with E-state index in [1.165, 1.54) is 29.5 Å². The molecule has 4 nitrogen and oxygen atoms in total. The minimum Gasteiger partial charge on any atom is -0.494 e. The summed E-state index contributed by atoms with van der Waals surface area (Å²) in [4.78, 5) is 12.2. The predicted octanol–water partition coefficient (Wildman–Crippen LogP) is 6.40. The fourth-order valence-corrected chi connectivity index (χ4v) is 4.10. The van der Waals surface area contributed by atoms with Gasteiger partial charge in [0.25, 0.3) is 0 Å². The van der Waals surface area contributed by atoms with Crippen molar-refractivity contribution >= 4 is 17.3 Å². The highest BCUT2D eigenvalue weighted by Gasteiger charge is 2.32. The fraction of sp³-hybridized carbons (Fsp3) is 0.227. The van der Waals surface area contributed by atoms with Crippen LogP contribution < -0.4 is 9.47 Å². The monoisotopic (exact) mass is 436 g/mol. The summed E-state index contributed by atoms with van der Waals surface area (Å²) < 4.78 is 48.2. The first-order chi connectivity index (χ1) is 14.3. The van der Waals surface area contributed by atoms with Gasteiger partial charge in [-0.1, -0.05) is 25.1 Å². The molecule has 3 aromatic rings. The van der Waals surface area contributed by atoms with E-state index in [1.807, 2.05) is 19.1 Å². The zero-order valence-corrected chi connectivity index (χ0v) is 16.8. The molecule has 0 bridgehead atoms. The molecule has 0 atom stereocenters. The van der Waals surface area contributed by atoms with Gasteiger partial charge in [-0.05, 0) is 53.3 Å². The van der Waals surface area contributed by atoms with Gasteiger partial charge in [0, 0.05) is 16.0 Å². The summed E-state index contributed by atoms with van der Waals surface area (Å²) in [6, 6.07) is 12.9. The lowest BCUT2D eigenvalue weighted by atomic mass is 9.97. The van der Waals surface area contributed by atoms with Gasteiger partial charge in [0.2, 0.25) is 0 Å². The number of thiophene rings is 1. The van der Waals surface area contributed by atoms with Gasteiger partial charge < -0.3 is 14.6 Å². The summed E-state index contributed by atoms with van der Waals surface area (Å²) in [7, 11) is 0. The number of ether oxygens (including phenoxy) is 2. The van der Waals surface area contributed by atoms with Gasteiger partial charge in [-0.2, -0.15) is 0 Å². The van der Waals surface area contributed by atoms with Crippen LogP contribution in [0.5, 0.6) is 11.5 Å². The molecule has 0 saturated heterocycles. The molecule has 0 unspecified atom stereocenters. The number of hydrogen-bond acceptors (Lipinski definition) is 4. The Morgan fingerprint density at radius 2 is 1.77 bits per heavy atom. The minimum atomic E-state index is -4.85. The molecule has 0 spiro atoms. The smallest absolute Gasteiger partial charge is 0.494 e. The number of benzene rings is 2. The van der Waals surface area contributed by atoms with Crippen LogP contribution in [-0.4, -0.2) is 24.0 Å². The summed E-state index contributed by atoms with van der Waals surface area (Å²) in [5.74, 6) is -0.751. The van der Waals surface area contributed by atoms with Crippen LogP contribution in [0.25, 0.3) is 21.6 Å². The lowest BCUT2D eigenvalue weighted by Crippen LogP contribution is -2.17. The number of hydrogen-bond donors (Lipinski definition) is 1. The van der Waals surface area contributed by atoms with Crippen molar-refractivity contribution in [3.8, 4) is 33.1 Å². The summed E-state index contributed by atoms with van der Waals surface area (Å²) in [5, 5.41) is 11.1. The van der Waals surface area contributed by atoms with Crippen LogP contribution in [0.2, 0.25) is 0 Å². The Hall–Kier alpha value is -3.00. The van der Waals surface area contributed by atoms with E-state index in [-0.39, 0.29) is 17.7 Å². The number of carboxylic acid groups (broad SMARTS) is 1. The quantitative estimate of drug-likeness (QED) is 0.444. The minimum absolute atomic E-state index is 0.191. The van der Waals surface area contributed by atoms with E-state index < -0.39 is 12.3 Å². The van der Waals surface area contributed by atoms with Gasteiger partial charge in [-0.15, -0.1) is 24.5 Å². The number of halogens is 3. The van der Waals surface area contributed by atoms with E-state index in [0.29, 0.717) is 28.4 Å². The Morgan fingerprint density at radius 1 is 1.07 bits per heavy atom. The average molecular weight is 436 g/mol.